The molecule has 1 unspecified atom stereocenters. The average molecular weight is 341 g/mol. The van der Waals surface area contributed by atoms with Crippen LogP contribution in [0.2, 0.25) is 0 Å². The minimum atomic E-state index is 0.0443. The Morgan fingerprint density at radius 1 is 1.36 bits per heavy atom. The van der Waals surface area contributed by atoms with Gasteiger partial charge in [-0.25, -0.2) is 0 Å². The number of likely N-dealkylation sites (N-methyl/N-ethyl adjacent to an activating group) is 1. The summed E-state index contributed by atoms with van der Waals surface area (Å²) in [5.41, 5.74) is 2.61. The van der Waals surface area contributed by atoms with Gasteiger partial charge in [0.1, 0.15) is 5.69 Å². The highest BCUT2D eigenvalue weighted by molar-refractivity contribution is 5.92. The molecule has 0 aromatic carbocycles. The number of pyridine rings is 1. The lowest BCUT2D eigenvalue weighted by atomic mass is 10.1. The first-order valence-electron chi connectivity index (χ1n) is 9.01. The van der Waals surface area contributed by atoms with Crippen molar-refractivity contribution >= 4 is 5.91 Å². The van der Waals surface area contributed by atoms with E-state index in [1.807, 2.05) is 37.1 Å². The van der Waals surface area contributed by atoms with Crippen LogP contribution in [0.1, 0.15) is 41.5 Å². The number of nitrogens with zero attached hydrogens (tertiary/aromatic N) is 5. The number of hydrogen-bond donors (Lipinski definition) is 0. The molecule has 134 valence electrons. The van der Waals surface area contributed by atoms with Gasteiger partial charge in [-0.2, -0.15) is 5.10 Å². The van der Waals surface area contributed by atoms with Crippen molar-refractivity contribution in [1.82, 2.24) is 24.6 Å². The second-order valence-electron chi connectivity index (χ2n) is 6.76. The smallest absolute Gasteiger partial charge is 0.272 e. The molecular formula is C19H27N5O. The Labute approximate surface area is 149 Å². The van der Waals surface area contributed by atoms with Crippen LogP contribution in [-0.4, -0.2) is 56.1 Å². The fraction of sp³-hybridized carbons (Fsp3) is 0.526. The first kappa shape index (κ1) is 17.6. The van der Waals surface area contributed by atoms with E-state index in [9.17, 15) is 4.79 Å². The van der Waals surface area contributed by atoms with Gasteiger partial charge in [-0.15, -0.1) is 0 Å². The fourth-order valence-corrected chi connectivity index (χ4v) is 3.67. The van der Waals surface area contributed by atoms with Crippen molar-refractivity contribution in [2.75, 3.05) is 19.6 Å². The van der Waals surface area contributed by atoms with Crippen molar-refractivity contribution in [1.29, 1.82) is 0 Å². The number of hydrogen-bond acceptors (Lipinski definition) is 4. The van der Waals surface area contributed by atoms with Crippen molar-refractivity contribution in [2.45, 2.75) is 39.3 Å². The van der Waals surface area contributed by atoms with E-state index in [1.165, 1.54) is 6.42 Å². The van der Waals surface area contributed by atoms with Gasteiger partial charge in [0, 0.05) is 38.6 Å². The maximum absolute atomic E-state index is 13.2. The Morgan fingerprint density at radius 3 is 2.76 bits per heavy atom. The topological polar surface area (TPSA) is 54.3 Å². The van der Waals surface area contributed by atoms with E-state index in [2.05, 4.69) is 21.9 Å². The molecule has 1 aliphatic rings. The van der Waals surface area contributed by atoms with Crippen molar-refractivity contribution in [3.05, 3.63) is 47.5 Å². The predicted molar refractivity (Wildman–Crippen MR) is 97.2 cm³/mol. The summed E-state index contributed by atoms with van der Waals surface area (Å²) in [6.07, 6.45) is 5.92. The molecule has 6 nitrogen and oxygen atoms in total. The Morgan fingerprint density at radius 2 is 2.12 bits per heavy atom. The maximum atomic E-state index is 13.2. The number of likely N-dealkylation sites (tertiary alicyclic amines) is 1. The number of aromatic nitrogens is 3. The molecular weight excluding hydrogens is 314 g/mol. The average Bonchev–Trinajstić information content (AvgIpc) is 3.20. The summed E-state index contributed by atoms with van der Waals surface area (Å²) in [7, 11) is 1.83. The largest absolute Gasteiger partial charge is 0.331 e. The molecule has 3 rings (SSSR count). The van der Waals surface area contributed by atoms with Crippen LogP contribution in [0.3, 0.4) is 0 Å². The van der Waals surface area contributed by atoms with E-state index in [0.717, 1.165) is 37.3 Å². The Bertz CT molecular complexity index is 712. The molecule has 0 N–H and O–H groups in total. The van der Waals surface area contributed by atoms with Crippen molar-refractivity contribution in [2.24, 2.45) is 7.05 Å². The number of amides is 1. The van der Waals surface area contributed by atoms with Crippen LogP contribution in [0.4, 0.5) is 0 Å². The zero-order chi connectivity index (χ0) is 17.8. The first-order chi connectivity index (χ1) is 12.1. The van der Waals surface area contributed by atoms with Crippen LogP contribution in [0.15, 0.2) is 30.6 Å². The van der Waals surface area contributed by atoms with Crippen LogP contribution >= 0.6 is 0 Å². The van der Waals surface area contributed by atoms with E-state index >= 15 is 0 Å². The highest BCUT2D eigenvalue weighted by Crippen LogP contribution is 2.20. The van der Waals surface area contributed by atoms with Gasteiger partial charge in [0.15, 0.2) is 0 Å². The van der Waals surface area contributed by atoms with Crippen LogP contribution < -0.4 is 0 Å². The van der Waals surface area contributed by atoms with Gasteiger partial charge in [-0.1, -0.05) is 6.92 Å². The molecule has 0 spiro atoms. The third kappa shape index (κ3) is 4.07. The number of aryl methyl sites for hydroxylation is 2. The van der Waals surface area contributed by atoms with E-state index in [0.29, 0.717) is 18.3 Å². The van der Waals surface area contributed by atoms with Gasteiger partial charge in [0.2, 0.25) is 0 Å². The molecule has 25 heavy (non-hydrogen) atoms. The quantitative estimate of drug-likeness (QED) is 0.809. The molecule has 0 saturated carbocycles. The van der Waals surface area contributed by atoms with E-state index in [-0.39, 0.29) is 5.91 Å². The Kier molecular flexibility index (Phi) is 5.48. The first-order valence-corrected chi connectivity index (χ1v) is 9.01. The molecule has 0 bridgehead atoms. The van der Waals surface area contributed by atoms with Crippen molar-refractivity contribution in [3.8, 4) is 0 Å². The molecule has 1 atom stereocenters. The van der Waals surface area contributed by atoms with Gasteiger partial charge < -0.3 is 4.90 Å². The molecule has 0 radical (unpaired) electrons. The molecule has 2 aromatic heterocycles. The molecule has 0 aliphatic carbocycles. The normalized spacial score (nSPS) is 17.8. The minimum Gasteiger partial charge on any atom is -0.331 e. The lowest BCUT2D eigenvalue weighted by molar-refractivity contribution is 0.0681. The van der Waals surface area contributed by atoms with Gasteiger partial charge in [-0.3, -0.25) is 19.4 Å². The second kappa shape index (κ2) is 7.78. The zero-order valence-corrected chi connectivity index (χ0v) is 15.4. The molecule has 6 heteroatoms. The van der Waals surface area contributed by atoms with Crippen LogP contribution in [0, 0.1) is 6.92 Å². The molecule has 1 fully saturated rings. The van der Waals surface area contributed by atoms with E-state index in [1.54, 1.807) is 17.1 Å². The number of carbonyl (C=O) groups excluding carboxylic acids is 1. The lowest BCUT2D eigenvalue weighted by Crippen LogP contribution is -2.43. The van der Waals surface area contributed by atoms with Gasteiger partial charge in [0.05, 0.1) is 5.69 Å². The summed E-state index contributed by atoms with van der Waals surface area (Å²) in [6, 6.07) is 6.25. The number of carbonyl (C=O) groups is 1. The van der Waals surface area contributed by atoms with Crippen LogP contribution in [0.5, 0.6) is 0 Å². The third-order valence-corrected chi connectivity index (χ3v) is 4.97. The molecule has 3 heterocycles. The summed E-state index contributed by atoms with van der Waals surface area (Å²) < 4.78 is 1.68. The summed E-state index contributed by atoms with van der Waals surface area (Å²) >= 11 is 0. The molecule has 2 aromatic rings. The van der Waals surface area contributed by atoms with Gasteiger partial charge in [0.25, 0.3) is 5.91 Å². The predicted octanol–water partition coefficient (Wildman–Crippen LogP) is 2.25. The highest BCUT2D eigenvalue weighted by Gasteiger charge is 2.28. The Hall–Kier alpha value is -2.21. The standard InChI is InChI=1S/C19H27N5O/c1-4-23-11-5-6-17(23)14-24(13-16-7-9-20-10-8-16)19(25)18-12-15(2)21-22(18)3/h7-10,12,17H,4-6,11,13-14H2,1-3H3. The van der Waals surface area contributed by atoms with E-state index in [4.69, 9.17) is 0 Å². The summed E-state index contributed by atoms with van der Waals surface area (Å²) in [4.78, 5) is 21.7. The SMILES string of the molecule is CCN1CCCC1CN(Cc1ccncc1)C(=O)c1cc(C)nn1C. The zero-order valence-electron chi connectivity index (χ0n) is 15.4. The summed E-state index contributed by atoms with van der Waals surface area (Å²) in [5, 5.41) is 4.33. The van der Waals surface area contributed by atoms with Crippen LogP contribution in [0.25, 0.3) is 0 Å². The second-order valence-corrected chi connectivity index (χ2v) is 6.76. The molecule has 1 saturated heterocycles. The monoisotopic (exact) mass is 341 g/mol. The highest BCUT2D eigenvalue weighted by atomic mass is 16.2. The van der Waals surface area contributed by atoms with Crippen molar-refractivity contribution in [3.63, 3.8) is 0 Å². The summed E-state index contributed by atoms with van der Waals surface area (Å²) in [6.45, 7) is 7.62. The molecule has 1 amide bonds. The fourth-order valence-electron chi connectivity index (χ4n) is 3.67. The van der Waals surface area contributed by atoms with E-state index < -0.39 is 0 Å². The van der Waals surface area contributed by atoms with Gasteiger partial charge >= 0.3 is 0 Å². The van der Waals surface area contributed by atoms with Crippen LogP contribution in [-0.2, 0) is 13.6 Å². The minimum absolute atomic E-state index is 0.0443. The van der Waals surface area contributed by atoms with Gasteiger partial charge in [-0.05, 0) is 56.6 Å². The Balaban J connectivity index is 1.83. The lowest BCUT2D eigenvalue weighted by Gasteiger charge is -2.30. The maximum Gasteiger partial charge on any atom is 0.272 e. The number of rotatable bonds is 6. The molecule has 1 aliphatic heterocycles. The third-order valence-electron chi connectivity index (χ3n) is 4.97. The summed E-state index contributed by atoms with van der Waals surface area (Å²) in [5.74, 6) is 0.0443. The van der Waals surface area contributed by atoms with Crippen molar-refractivity contribution < 1.29 is 4.79 Å².